The maximum atomic E-state index is 13.0. The molecule has 4 rings (SSSR count). The summed E-state index contributed by atoms with van der Waals surface area (Å²) in [6, 6.07) is 1.35. The molecule has 168 valence electrons. The summed E-state index contributed by atoms with van der Waals surface area (Å²) in [7, 11) is 0. The Bertz CT molecular complexity index is 1030. The predicted molar refractivity (Wildman–Crippen MR) is 117 cm³/mol. The van der Waals surface area contributed by atoms with E-state index in [1.165, 1.54) is 6.07 Å². The molecule has 2 N–H and O–H groups in total. The second-order valence-corrected chi connectivity index (χ2v) is 10.3. The third kappa shape index (κ3) is 2.84. The Morgan fingerprint density at radius 3 is 2.48 bits per heavy atom. The van der Waals surface area contributed by atoms with Crippen LogP contribution in [0.1, 0.15) is 77.7 Å². The summed E-state index contributed by atoms with van der Waals surface area (Å²) in [6.45, 7) is 9.30. The van der Waals surface area contributed by atoms with Gasteiger partial charge in [-0.25, -0.2) is 0 Å². The molecule has 0 bridgehead atoms. The number of carbonyl (C=O) groups excluding carboxylic acids is 1. The van der Waals surface area contributed by atoms with E-state index in [0.717, 1.165) is 0 Å². The van der Waals surface area contributed by atoms with Crippen LogP contribution in [0.3, 0.4) is 0 Å². The maximum absolute atomic E-state index is 13.0. The normalized spacial score (nSPS) is 39.1. The van der Waals surface area contributed by atoms with Gasteiger partial charge in [-0.2, -0.15) is 0 Å². The molecule has 0 amide bonds. The fraction of sp³-hybridized carbons (Fsp3) is 0.600. The smallest absolute Gasteiger partial charge is 0.295 e. The van der Waals surface area contributed by atoms with Crippen LogP contribution in [0.2, 0.25) is 0 Å². The van der Waals surface area contributed by atoms with E-state index < -0.39 is 34.1 Å². The number of hydrogen-bond donors (Lipinski definition) is 2. The monoisotopic (exact) mass is 428 g/mol. The number of rotatable bonds is 2. The average molecular weight is 429 g/mol. The summed E-state index contributed by atoms with van der Waals surface area (Å²) in [5.41, 5.74) is -4.19. The van der Waals surface area contributed by atoms with Crippen molar-refractivity contribution in [3.05, 3.63) is 45.8 Å². The van der Waals surface area contributed by atoms with Crippen molar-refractivity contribution in [1.29, 1.82) is 0 Å². The topological polar surface area (TPSA) is 97.0 Å². The number of ketones is 1. The fourth-order valence-corrected chi connectivity index (χ4v) is 6.47. The van der Waals surface area contributed by atoms with E-state index in [1.54, 1.807) is 26.0 Å². The van der Waals surface area contributed by atoms with E-state index >= 15 is 0 Å². The molecule has 0 spiro atoms. The number of fused-ring (bicyclic) bond motifs is 4. The predicted octanol–water partition coefficient (Wildman–Crippen LogP) is 3.95. The highest BCUT2D eigenvalue weighted by Gasteiger charge is 2.72. The first-order chi connectivity index (χ1) is 14.4. The molecule has 2 saturated carbocycles. The number of hydrogen-bond acceptors (Lipinski definition) is 6. The summed E-state index contributed by atoms with van der Waals surface area (Å²) < 4.78 is 12.1. The Kier molecular flexibility index (Phi) is 4.91. The molecule has 0 radical (unpaired) electrons. The Morgan fingerprint density at radius 1 is 1.10 bits per heavy atom. The van der Waals surface area contributed by atoms with Gasteiger partial charge in [0.1, 0.15) is 22.7 Å². The zero-order chi connectivity index (χ0) is 22.8. The molecule has 1 aromatic rings. The van der Waals surface area contributed by atoms with Crippen molar-refractivity contribution >= 4 is 11.9 Å². The van der Waals surface area contributed by atoms with Gasteiger partial charge in [-0.3, -0.25) is 9.59 Å². The van der Waals surface area contributed by atoms with Crippen LogP contribution in [-0.2, 0) is 4.79 Å². The highest BCUT2D eigenvalue weighted by Crippen LogP contribution is 2.67. The molecule has 0 aromatic carbocycles. The van der Waals surface area contributed by atoms with Crippen LogP contribution in [0.5, 0.6) is 5.95 Å². The Morgan fingerprint density at radius 2 is 1.81 bits per heavy atom. The molecule has 1 aromatic heterocycles. The minimum absolute atomic E-state index is 0.0276. The van der Waals surface area contributed by atoms with Crippen molar-refractivity contribution in [2.24, 2.45) is 16.7 Å². The van der Waals surface area contributed by atoms with Crippen LogP contribution >= 0.6 is 0 Å². The summed E-state index contributed by atoms with van der Waals surface area (Å²) in [5.74, 6) is -0.149. The van der Waals surface area contributed by atoms with Crippen LogP contribution < -0.4 is 10.2 Å². The van der Waals surface area contributed by atoms with Crippen molar-refractivity contribution in [2.45, 2.75) is 77.6 Å². The van der Waals surface area contributed by atoms with Gasteiger partial charge >= 0.3 is 0 Å². The number of allylic oxidation sites excluding steroid dienone is 3. The van der Waals surface area contributed by atoms with Crippen LogP contribution in [0.4, 0.5) is 0 Å². The second kappa shape index (κ2) is 6.91. The summed E-state index contributed by atoms with van der Waals surface area (Å²) >= 11 is 0. The van der Waals surface area contributed by atoms with Gasteiger partial charge in [-0.1, -0.05) is 39.0 Å². The Hall–Kier alpha value is -2.18. The third-order valence-electron chi connectivity index (χ3n) is 8.35. The lowest BCUT2D eigenvalue weighted by Gasteiger charge is -2.66. The summed E-state index contributed by atoms with van der Waals surface area (Å²) in [5, 5.41) is 23.4. The molecule has 0 unspecified atom stereocenters. The van der Waals surface area contributed by atoms with Gasteiger partial charge < -0.3 is 19.4 Å². The van der Waals surface area contributed by atoms with Gasteiger partial charge in [-0.05, 0) is 39.2 Å². The lowest BCUT2D eigenvalue weighted by molar-refractivity contribution is -0.275. The minimum Gasteiger partial charge on any atom is -0.458 e. The standard InChI is InChI=1S/C25H32O6/c1-6-7-8-9-15-14-16(26)18-19(28)20-23(4)11-10-17(27)22(2,3)25(23,29)13-12-24(20,5)31-21(18)30-15/h6-9,14,19-20,28-29H,10-13H2,1-5H3/b7-6+,9-8+/t19-,20+,23+,24+,25+/m0/s1. The van der Waals surface area contributed by atoms with Crippen molar-refractivity contribution < 1.29 is 24.2 Å². The van der Waals surface area contributed by atoms with Gasteiger partial charge in [0.2, 0.25) is 0 Å². The number of Topliss-reactive ketones (excluding diaryl/α,β-unsaturated/α-hetero) is 1. The van der Waals surface area contributed by atoms with Crippen molar-refractivity contribution in [3.8, 4) is 5.95 Å². The van der Waals surface area contributed by atoms with Crippen molar-refractivity contribution in [1.82, 2.24) is 0 Å². The first-order valence-corrected chi connectivity index (χ1v) is 11.0. The maximum Gasteiger partial charge on any atom is 0.295 e. The molecule has 2 fully saturated rings. The van der Waals surface area contributed by atoms with Crippen LogP contribution in [0.15, 0.2) is 33.5 Å². The molecule has 31 heavy (non-hydrogen) atoms. The molecule has 1 aliphatic heterocycles. The van der Waals surface area contributed by atoms with Crippen LogP contribution in [0, 0.1) is 16.7 Å². The molecule has 6 heteroatoms. The number of aliphatic hydroxyl groups is 2. The van der Waals surface area contributed by atoms with E-state index in [1.807, 2.05) is 32.9 Å². The number of ether oxygens (including phenoxy) is 1. The minimum atomic E-state index is -1.31. The molecular weight excluding hydrogens is 396 g/mol. The van der Waals surface area contributed by atoms with Gasteiger partial charge in [-0.15, -0.1) is 0 Å². The van der Waals surface area contributed by atoms with Gasteiger partial charge in [0.05, 0.1) is 17.1 Å². The summed E-state index contributed by atoms with van der Waals surface area (Å²) in [4.78, 5) is 25.7. The third-order valence-corrected chi connectivity index (χ3v) is 8.35. The van der Waals surface area contributed by atoms with Crippen LogP contribution in [-0.4, -0.2) is 27.2 Å². The molecule has 2 aliphatic carbocycles. The average Bonchev–Trinajstić information content (AvgIpc) is 2.68. The molecule has 6 nitrogen and oxygen atoms in total. The van der Waals surface area contributed by atoms with Crippen molar-refractivity contribution in [2.75, 3.05) is 0 Å². The molecule has 3 aliphatic rings. The first kappa shape index (κ1) is 22.0. The molecule has 5 atom stereocenters. The highest BCUT2D eigenvalue weighted by molar-refractivity contribution is 5.87. The summed E-state index contributed by atoms with van der Waals surface area (Å²) in [6.07, 6.45) is 7.49. The molecular formula is C25H32O6. The van der Waals surface area contributed by atoms with E-state index in [9.17, 15) is 19.8 Å². The van der Waals surface area contributed by atoms with Gasteiger partial charge in [0.25, 0.3) is 5.95 Å². The SMILES string of the molecule is C/C=C/C=C/c1cc(=O)c2c(o1)O[C@]1(C)CC[C@@]3(O)C(C)(C)C(=O)CC[C@]3(C)[C@H]1[C@H]2O. The van der Waals surface area contributed by atoms with Gasteiger partial charge in [0, 0.05) is 23.8 Å². The highest BCUT2D eigenvalue weighted by atomic mass is 16.6. The van der Waals surface area contributed by atoms with Gasteiger partial charge in [0.15, 0.2) is 5.43 Å². The quantitative estimate of drug-likeness (QED) is 0.693. The first-order valence-electron chi connectivity index (χ1n) is 11.0. The Labute approximate surface area is 182 Å². The number of aliphatic hydroxyl groups excluding tert-OH is 1. The van der Waals surface area contributed by atoms with Crippen molar-refractivity contribution in [3.63, 3.8) is 0 Å². The molecule has 2 heterocycles. The van der Waals surface area contributed by atoms with E-state index in [4.69, 9.17) is 9.15 Å². The molecule has 0 saturated heterocycles. The van der Waals surface area contributed by atoms with E-state index in [2.05, 4.69) is 0 Å². The van der Waals surface area contributed by atoms with Crippen LogP contribution in [0.25, 0.3) is 6.08 Å². The lowest BCUT2D eigenvalue weighted by Crippen LogP contribution is -2.73. The largest absolute Gasteiger partial charge is 0.458 e. The van der Waals surface area contributed by atoms with E-state index in [-0.39, 0.29) is 22.7 Å². The fourth-order valence-electron chi connectivity index (χ4n) is 6.47. The number of carbonyl (C=O) groups is 1. The lowest BCUT2D eigenvalue weighted by atomic mass is 9.41. The zero-order valence-electron chi connectivity index (χ0n) is 18.9. The zero-order valence-corrected chi connectivity index (χ0v) is 18.9. The second-order valence-electron chi connectivity index (χ2n) is 10.3. The van der Waals surface area contributed by atoms with E-state index in [0.29, 0.717) is 31.4 Å². The Balaban J connectivity index is 1.84.